The summed E-state index contributed by atoms with van der Waals surface area (Å²) in [5, 5.41) is 29.2. The highest BCUT2D eigenvalue weighted by Gasteiger charge is 2.47. The summed E-state index contributed by atoms with van der Waals surface area (Å²) in [6.07, 6.45) is -7.73. The van der Waals surface area contributed by atoms with Crippen LogP contribution in [0.3, 0.4) is 0 Å². The Morgan fingerprint density at radius 3 is 2.38 bits per heavy atom. The van der Waals surface area contributed by atoms with Gasteiger partial charge in [0.1, 0.15) is 36.3 Å². The normalized spacial score (nSPS) is 28.4. The van der Waals surface area contributed by atoms with E-state index in [0.29, 0.717) is 0 Å². The monoisotopic (exact) mass is 374 g/mol. The summed E-state index contributed by atoms with van der Waals surface area (Å²) in [6, 6.07) is 4.57. The fourth-order valence-corrected chi connectivity index (χ4v) is 2.37. The van der Waals surface area contributed by atoms with Crippen LogP contribution in [0.15, 0.2) is 24.3 Å². The van der Waals surface area contributed by atoms with Crippen molar-refractivity contribution in [3.05, 3.63) is 30.1 Å². The molecule has 9 nitrogen and oxygen atoms in total. The average Bonchev–Trinajstić information content (AvgIpc) is 2.61. The molecule has 0 radical (unpaired) electrons. The van der Waals surface area contributed by atoms with Gasteiger partial charge in [-0.25, -0.2) is 4.39 Å². The first-order valence-corrected chi connectivity index (χ1v) is 7.66. The zero-order valence-corrected chi connectivity index (χ0v) is 13.8. The third-order valence-electron chi connectivity index (χ3n) is 3.66. The lowest BCUT2D eigenvalue weighted by atomic mass is 9.99. The Balaban J connectivity index is 1.94. The standard InChI is InChI=1S/C16H19FO9/c1-23-16-14(22)15(13(21)10(7-18)25-16)26-12(20)6-11(19)24-9-4-2-8(17)3-5-9/h2-5,10,13-16,18,21-22H,6-7H2,1H3/t10-,13+,14-,15+,16-/m1/s1. The molecule has 0 aromatic heterocycles. The van der Waals surface area contributed by atoms with Crippen molar-refractivity contribution >= 4 is 11.9 Å². The van der Waals surface area contributed by atoms with E-state index in [1.54, 1.807) is 0 Å². The van der Waals surface area contributed by atoms with Crippen LogP contribution >= 0.6 is 0 Å². The summed E-state index contributed by atoms with van der Waals surface area (Å²) >= 11 is 0. The molecule has 1 aromatic rings. The van der Waals surface area contributed by atoms with Crippen molar-refractivity contribution in [3.63, 3.8) is 0 Å². The number of aliphatic hydroxyl groups is 3. The van der Waals surface area contributed by atoms with E-state index in [2.05, 4.69) is 0 Å². The molecule has 0 amide bonds. The van der Waals surface area contributed by atoms with Gasteiger partial charge >= 0.3 is 11.9 Å². The number of carbonyl (C=O) groups is 2. The van der Waals surface area contributed by atoms with Gasteiger partial charge in [0, 0.05) is 7.11 Å². The molecule has 5 atom stereocenters. The Labute approximate surface area is 147 Å². The zero-order chi connectivity index (χ0) is 19.3. The maximum Gasteiger partial charge on any atom is 0.322 e. The molecule has 1 aliphatic rings. The number of hydrogen-bond donors (Lipinski definition) is 3. The van der Waals surface area contributed by atoms with E-state index >= 15 is 0 Å². The van der Waals surface area contributed by atoms with Crippen LogP contribution in [0.1, 0.15) is 6.42 Å². The van der Waals surface area contributed by atoms with E-state index in [1.165, 1.54) is 19.2 Å². The first-order chi connectivity index (χ1) is 12.3. The molecule has 1 saturated heterocycles. The van der Waals surface area contributed by atoms with Crippen LogP contribution in [0.4, 0.5) is 4.39 Å². The minimum absolute atomic E-state index is 0.0372. The van der Waals surface area contributed by atoms with E-state index in [0.717, 1.165) is 12.1 Å². The molecule has 26 heavy (non-hydrogen) atoms. The van der Waals surface area contributed by atoms with E-state index in [4.69, 9.17) is 18.9 Å². The SMILES string of the molecule is CO[C@@H]1O[C@H](CO)[C@H](O)[C@H](OC(=O)CC(=O)Oc2ccc(F)cc2)[C@H]1O. The van der Waals surface area contributed by atoms with Crippen molar-refractivity contribution in [1.82, 2.24) is 0 Å². The number of esters is 2. The molecule has 0 spiro atoms. The fourth-order valence-electron chi connectivity index (χ4n) is 2.37. The lowest BCUT2D eigenvalue weighted by Gasteiger charge is -2.40. The molecule has 0 bridgehead atoms. The predicted octanol–water partition coefficient (Wildman–Crippen LogP) is -0.882. The largest absolute Gasteiger partial charge is 0.456 e. The highest BCUT2D eigenvalue weighted by Crippen LogP contribution is 2.24. The molecule has 0 unspecified atom stereocenters. The molecule has 10 heteroatoms. The Morgan fingerprint density at radius 2 is 1.81 bits per heavy atom. The molecule has 0 saturated carbocycles. The number of ether oxygens (including phenoxy) is 4. The molecule has 1 aromatic carbocycles. The Morgan fingerprint density at radius 1 is 1.15 bits per heavy atom. The second kappa shape index (κ2) is 9.01. The molecule has 0 aliphatic carbocycles. The van der Waals surface area contributed by atoms with Crippen LogP contribution in [0.5, 0.6) is 5.75 Å². The van der Waals surface area contributed by atoms with Crippen molar-refractivity contribution in [2.75, 3.05) is 13.7 Å². The molecule has 1 aliphatic heterocycles. The van der Waals surface area contributed by atoms with Gasteiger partial charge in [-0.15, -0.1) is 0 Å². The van der Waals surface area contributed by atoms with Gasteiger partial charge in [-0.05, 0) is 24.3 Å². The number of aliphatic hydroxyl groups excluding tert-OH is 3. The van der Waals surface area contributed by atoms with Gasteiger partial charge in [-0.2, -0.15) is 0 Å². The summed E-state index contributed by atoms with van der Waals surface area (Å²) in [6.45, 7) is -0.603. The van der Waals surface area contributed by atoms with Crippen LogP contribution < -0.4 is 4.74 Å². The number of halogens is 1. The Hall–Kier alpha value is -2.11. The summed E-state index contributed by atoms with van der Waals surface area (Å²) in [4.78, 5) is 23.6. The van der Waals surface area contributed by atoms with E-state index in [9.17, 15) is 29.3 Å². The number of methoxy groups -OCH3 is 1. The fraction of sp³-hybridized carbons (Fsp3) is 0.500. The molecule has 144 valence electrons. The van der Waals surface area contributed by atoms with Crippen molar-refractivity contribution in [3.8, 4) is 5.75 Å². The third kappa shape index (κ3) is 4.96. The molecule has 1 heterocycles. The maximum atomic E-state index is 12.8. The second-order valence-corrected chi connectivity index (χ2v) is 5.50. The molecular weight excluding hydrogens is 355 g/mol. The van der Waals surface area contributed by atoms with Gasteiger partial charge < -0.3 is 34.3 Å². The molecule has 2 rings (SSSR count). The van der Waals surface area contributed by atoms with Crippen LogP contribution in [-0.2, 0) is 23.8 Å². The maximum absolute atomic E-state index is 12.8. The minimum atomic E-state index is -1.53. The Bertz CT molecular complexity index is 605. The molecule has 3 N–H and O–H groups in total. The lowest BCUT2D eigenvalue weighted by molar-refractivity contribution is -0.297. The zero-order valence-electron chi connectivity index (χ0n) is 13.8. The minimum Gasteiger partial charge on any atom is -0.456 e. The van der Waals surface area contributed by atoms with Crippen molar-refractivity contribution < 1.29 is 48.2 Å². The second-order valence-electron chi connectivity index (χ2n) is 5.50. The third-order valence-corrected chi connectivity index (χ3v) is 3.66. The van der Waals surface area contributed by atoms with Crippen LogP contribution in [0, 0.1) is 5.82 Å². The first kappa shape index (κ1) is 20.2. The van der Waals surface area contributed by atoms with E-state index in [1.807, 2.05) is 0 Å². The van der Waals surface area contributed by atoms with Gasteiger partial charge in [0.2, 0.25) is 0 Å². The molecular formula is C16H19FO9. The smallest absolute Gasteiger partial charge is 0.322 e. The van der Waals surface area contributed by atoms with Crippen molar-refractivity contribution in [2.24, 2.45) is 0 Å². The lowest BCUT2D eigenvalue weighted by Crippen LogP contribution is -2.60. The number of carbonyl (C=O) groups excluding carboxylic acids is 2. The average molecular weight is 374 g/mol. The van der Waals surface area contributed by atoms with E-state index in [-0.39, 0.29) is 5.75 Å². The van der Waals surface area contributed by atoms with Crippen LogP contribution in [-0.4, -0.2) is 71.7 Å². The van der Waals surface area contributed by atoms with Crippen LogP contribution in [0.25, 0.3) is 0 Å². The van der Waals surface area contributed by atoms with Gasteiger partial charge in [0.15, 0.2) is 12.4 Å². The predicted molar refractivity (Wildman–Crippen MR) is 81.3 cm³/mol. The summed E-state index contributed by atoms with van der Waals surface area (Å²) in [5.74, 6) is -2.53. The highest BCUT2D eigenvalue weighted by molar-refractivity contribution is 5.92. The van der Waals surface area contributed by atoms with Crippen LogP contribution in [0.2, 0.25) is 0 Å². The van der Waals surface area contributed by atoms with E-state index < -0.39 is 61.5 Å². The van der Waals surface area contributed by atoms with Crippen molar-refractivity contribution in [2.45, 2.75) is 37.1 Å². The topological polar surface area (TPSA) is 132 Å². The first-order valence-electron chi connectivity index (χ1n) is 7.66. The van der Waals surface area contributed by atoms with Gasteiger partial charge in [0.25, 0.3) is 0 Å². The van der Waals surface area contributed by atoms with Gasteiger partial charge in [-0.1, -0.05) is 0 Å². The number of hydrogen-bond acceptors (Lipinski definition) is 9. The van der Waals surface area contributed by atoms with Gasteiger partial charge in [0.05, 0.1) is 6.61 Å². The highest BCUT2D eigenvalue weighted by atomic mass is 19.1. The molecule has 1 fully saturated rings. The summed E-state index contributed by atoms with van der Waals surface area (Å²) < 4.78 is 32.5. The van der Waals surface area contributed by atoms with Crippen molar-refractivity contribution in [1.29, 1.82) is 0 Å². The number of rotatable bonds is 6. The summed E-state index contributed by atoms with van der Waals surface area (Å²) in [5.41, 5.74) is 0. The summed E-state index contributed by atoms with van der Waals surface area (Å²) in [7, 11) is 1.22. The Kier molecular flexibility index (Phi) is 7.00. The quantitative estimate of drug-likeness (QED) is 0.330. The van der Waals surface area contributed by atoms with Gasteiger partial charge in [-0.3, -0.25) is 9.59 Å². The number of benzene rings is 1.